The maximum absolute atomic E-state index is 4.49. The predicted molar refractivity (Wildman–Crippen MR) is 66.2 cm³/mol. The molecule has 2 heterocycles. The number of rotatable bonds is 3. The quantitative estimate of drug-likeness (QED) is 0.776. The van der Waals surface area contributed by atoms with Gasteiger partial charge in [-0.15, -0.1) is 0 Å². The Morgan fingerprint density at radius 3 is 2.56 bits per heavy atom. The lowest BCUT2D eigenvalue weighted by molar-refractivity contribution is 0.708. The fraction of sp³-hybridized carbons (Fsp3) is 0.286. The highest BCUT2D eigenvalue weighted by Crippen LogP contribution is 2.20. The summed E-state index contributed by atoms with van der Waals surface area (Å²) in [4.78, 5) is 8.79. The molecular weight excluding hydrogens is 196 g/mol. The molecule has 0 saturated heterocycles. The maximum Gasteiger partial charge on any atom is 0.0717 e. The molecule has 0 aliphatic rings. The average molecular weight is 212 g/mol. The zero-order chi connectivity index (χ0) is 11.4. The van der Waals surface area contributed by atoms with E-state index in [2.05, 4.69) is 35.9 Å². The van der Waals surface area contributed by atoms with Crippen LogP contribution in [0, 0.1) is 0 Å². The minimum absolute atomic E-state index is 0.526. The van der Waals surface area contributed by atoms with E-state index in [4.69, 9.17) is 0 Å². The average Bonchev–Trinajstić information content (AvgIpc) is 2.39. The van der Waals surface area contributed by atoms with E-state index in [1.54, 1.807) is 6.20 Å². The molecule has 0 saturated carbocycles. The second-order valence-electron chi connectivity index (χ2n) is 4.00. The number of hydrogen-bond donors (Lipinski definition) is 0. The number of hydrogen-bond acceptors (Lipinski definition) is 2. The molecule has 2 heteroatoms. The monoisotopic (exact) mass is 212 g/mol. The molecule has 0 fully saturated rings. The summed E-state index contributed by atoms with van der Waals surface area (Å²) >= 11 is 0. The maximum atomic E-state index is 4.49. The third-order valence-electron chi connectivity index (χ3n) is 2.86. The lowest BCUT2D eigenvalue weighted by atomic mass is 10.0. The van der Waals surface area contributed by atoms with Gasteiger partial charge < -0.3 is 0 Å². The van der Waals surface area contributed by atoms with Crippen molar-refractivity contribution in [2.24, 2.45) is 0 Å². The standard InChI is InChI=1S/C14H16N2/c1-3-11(2)13-8-7-12(10-16-13)14-6-4-5-9-15-14/h4-11H,3H2,1-2H3. The number of nitrogens with zero attached hydrogens (tertiary/aromatic N) is 2. The molecule has 0 aromatic carbocycles. The molecule has 2 rings (SSSR count). The minimum Gasteiger partial charge on any atom is -0.260 e. The van der Waals surface area contributed by atoms with E-state index in [9.17, 15) is 0 Å². The van der Waals surface area contributed by atoms with Crippen LogP contribution in [-0.2, 0) is 0 Å². The van der Waals surface area contributed by atoms with Crippen LogP contribution >= 0.6 is 0 Å². The molecule has 0 N–H and O–H groups in total. The second-order valence-corrected chi connectivity index (χ2v) is 4.00. The molecule has 2 aromatic heterocycles. The van der Waals surface area contributed by atoms with Crippen LogP contribution in [0.2, 0.25) is 0 Å². The second kappa shape index (κ2) is 4.88. The Hall–Kier alpha value is -1.70. The Bertz CT molecular complexity index is 434. The Balaban J connectivity index is 2.26. The van der Waals surface area contributed by atoms with Gasteiger partial charge in [-0.2, -0.15) is 0 Å². The predicted octanol–water partition coefficient (Wildman–Crippen LogP) is 3.66. The Labute approximate surface area is 96.4 Å². The Kier molecular flexibility index (Phi) is 3.30. The van der Waals surface area contributed by atoms with Gasteiger partial charge in [-0.25, -0.2) is 0 Å². The van der Waals surface area contributed by atoms with Gasteiger partial charge in [0.2, 0.25) is 0 Å². The van der Waals surface area contributed by atoms with E-state index < -0.39 is 0 Å². The highest BCUT2D eigenvalue weighted by molar-refractivity contribution is 5.57. The van der Waals surface area contributed by atoms with Gasteiger partial charge >= 0.3 is 0 Å². The lowest BCUT2D eigenvalue weighted by Crippen LogP contribution is -1.95. The van der Waals surface area contributed by atoms with Gasteiger partial charge in [-0.3, -0.25) is 9.97 Å². The highest BCUT2D eigenvalue weighted by atomic mass is 14.7. The van der Waals surface area contributed by atoms with Crippen LogP contribution in [0.5, 0.6) is 0 Å². The molecule has 82 valence electrons. The van der Waals surface area contributed by atoms with Gasteiger partial charge in [0.25, 0.3) is 0 Å². The van der Waals surface area contributed by atoms with Crippen molar-refractivity contribution in [3.05, 3.63) is 48.4 Å². The minimum atomic E-state index is 0.526. The van der Waals surface area contributed by atoms with E-state index in [-0.39, 0.29) is 0 Å². The lowest BCUT2D eigenvalue weighted by Gasteiger charge is -2.08. The van der Waals surface area contributed by atoms with Crippen LogP contribution in [0.1, 0.15) is 31.9 Å². The SMILES string of the molecule is CCC(C)c1ccc(-c2ccccn2)cn1. The molecule has 16 heavy (non-hydrogen) atoms. The van der Waals surface area contributed by atoms with Gasteiger partial charge in [-0.1, -0.05) is 19.9 Å². The molecule has 0 bridgehead atoms. The summed E-state index contributed by atoms with van der Waals surface area (Å²) in [5.41, 5.74) is 3.21. The van der Waals surface area contributed by atoms with Crippen LogP contribution in [0.3, 0.4) is 0 Å². The van der Waals surface area contributed by atoms with Crippen molar-refractivity contribution in [1.29, 1.82) is 0 Å². The van der Waals surface area contributed by atoms with Gasteiger partial charge in [0.1, 0.15) is 0 Å². The summed E-state index contributed by atoms with van der Waals surface area (Å²) < 4.78 is 0. The fourth-order valence-corrected chi connectivity index (χ4v) is 1.59. The molecule has 0 aliphatic heterocycles. The molecule has 0 radical (unpaired) electrons. The van der Waals surface area contributed by atoms with Crippen LogP contribution in [0.25, 0.3) is 11.3 Å². The first-order valence-corrected chi connectivity index (χ1v) is 5.68. The van der Waals surface area contributed by atoms with Crippen molar-refractivity contribution in [3.8, 4) is 11.3 Å². The zero-order valence-corrected chi connectivity index (χ0v) is 9.72. The van der Waals surface area contributed by atoms with Gasteiger partial charge in [0, 0.05) is 23.7 Å². The van der Waals surface area contributed by atoms with Crippen LogP contribution in [0.4, 0.5) is 0 Å². The van der Waals surface area contributed by atoms with Crippen molar-refractivity contribution in [2.45, 2.75) is 26.2 Å². The smallest absolute Gasteiger partial charge is 0.0717 e. The summed E-state index contributed by atoms with van der Waals surface area (Å²) in [6, 6.07) is 10.1. The molecular formula is C14H16N2. The summed E-state index contributed by atoms with van der Waals surface area (Å²) in [7, 11) is 0. The van der Waals surface area contributed by atoms with E-state index in [1.165, 1.54) is 0 Å². The fourth-order valence-electron chi connectivity index (χ4n) is 1.59. The number of pyridine rings is 2. The largest absolute Gasteiger partial charge is 0.260 e. The Morgan fingerprint density at radius 1 is 1.12 bits per heavy atom. The summed E-state index contributed by atoms with van der Waals surface area (Å²) in [5.74, 6) is 0.526. The summed E-state index contributed by atoms with van der Waals surface area (Å²) in [5, 5.41) is 0. The van der Waals surface area contributed by atoms with E-state index in [1.807, 2.05) is 24.4 Å². The first-order chi connectivity index (χ1) is 7.81. The summed E-state index contributed by atoms with van der Waals surface area (Å²) in [6.07, 6.45) is 4.83. The normalized spacial score (nSPS) is 12.4. The van der Waals surface area contributed by atoms with Crippen molar-refractivity contribution < 1.29 is 0 Å². The molecule has 1 unspecified atom stereocenters. The molecule has 0 aliphatic carbocycles. The van der Waals surface area contributed by atoms with E-state index in [0.29, 0.717) is 5.92 Å². The van der Waals surface area contributed by atoms with Crippen LogP contribution in [-0.4, -0.2) is 9.97 Å². The zero-order valence-electron chi connectivity index (χ0n) is 9.72. The van der Waals surface area contributed by atoms with E-state index in [0.717, 1.165) is 23.4 Å². The van der Waals surface area contributed by atoms with Gasteiger partial charge in [0.15, 0.2) is 0 Å². The van der Waals surface area contributed by atoms with Crippen LogP contribution < -0.4 is 0 Å². The van der Waals surface area contributed by atoms with Crippen molar-refractivity contribution >= 4 is 0 Å². The molecule has 0 amide bonds. The molecule has 0 spiro atoms. The third-order valence-corrected chi connectivity index (χ3v) is 2.86. The van der Waals surface area contributed by atoms with Crippen LogP contribution in [0.15, 0.2) is 42.7 Å². The van der Waals surface area contributed by atoms with Gasteiger partial charge in [-0.05, 0) is 36.6 Å². The third kappa shape index (κ3) is 2.27. The first kappa shape index (κ1) is 10.8. The van der Waals surface area contributed by atoms with Crippen molar-refractivity contribution in [2.75, 3.05) is 0 Å². The van der Waals surface area contributed by atoms with Gasteiger partial charge in [0.05, 0.1) is 5.69 Å². The topological polar surface area (TPSA) is 25.8 Å². The summed E-state index contributed by atoms with van der Waals surface area (Å²) in [6.45, 7) is 4.38. The highest BCUT2D eigenvalue weighted by Gasteiger charge is 2.04. The van der Waals surface area contributed by atoms with Crippen molar-refractivity contribution in [3.63, 3.8) is 0 Å². The first-order valence-electron chi connectivity index (χ1n) is 5.68. The number of aromatic nitrogens is 2. The Morgan fingerprint density at radius 2 is 2.00 bits per heavy atom. The van der Waals surface area contributed by atoms with E-state index >= 15 is 0 Å². The molecule has 2 nitrogen and oxygen atoms in total. The molecule has 1 atom stereocenters. The van der Waals surface area contributed by atoms with Crippen molar-refractivity contribution in [1.82, 2.24) is 9.97 Å². The molecule has 2 aromatic rings.